The van der Waals surface area contributed by atoms with Gasteiger partial charge in [0.1, 0.15) is 5.04 Å². The Morgan fingerprint density at radius 3 is 2.41 bits per heavy atom. The molecule has 1 aromatic heterocycles. The Morgan fingerprint density at radius 2 is 1.71 bits per heavy atom. The van der Waals surface area contributed by atoms with Gasteiger partial charge >= 0.3 is 0 Å². The zero-order valence-corrected chi connectivity index (χ0v) is 21.6. The highest BCUT2D eigenvalue weighted by Crippen LogP contribution is 2.31. The van der Waals surface area contributed by atoms with Crippen molar-refractivity contribution in [1.82, 2.24) is 9.58 Å². The van der Waals surface area contributed by atoms with E-state index in [1.54, 1.807) is 6.08 Å². The lowest BCUT2D eigenvalue weighted by Gasteiger charge is -2.20. The molecule has 178 valence electrons. The van der Waals surface area contributed by atoms with Crippen LogP contribution >= 0.6 is 11.8 Å². The maximum Gasteiger partial charge on any atom is 0.283 e. The fourth-order valence-electron chi connectivity index (χ4n) is 4.58. The number of thioether (sulfide) groups is 1. The number of hydrogen-bond acceptors (Lipinski definition) is 4. The predicted molar refractivity (Wildman–Crippen MR) is 143 cm³/mol. The van der Waals surface area contributed by atoms with E-state index in [1.165, 1.54) is 53.6 Å². The number of aryl methyl sites for hydroxylation is 3. The fourth-order valence-corrected chi connectivity index (χ4v) is 5.51. The van der Waals surface area contributed by atoms with Crippen molar-refractivity contribution in [3.63, 3.8) is 0 Å². The largest absolute Gasteiger partial charge is 0.318 e. The third-order valence-corrected chi connectivity index (χ3v) is 7.19. The average molecular weight is 476 g/mol. The van der Waals surface area contributed by atoms with Gasteiger partial charge in [-0.15, -0.1) is 0 Å². The lowest BCUT2D eigenvalue weighted by molar-refractivity contribution is -0.114. The first-order valence-electron chi connectivity index (χ1n) is 12.0. The molecule has 0 saturated carbocycles. The Morgan fingerprint density at radius 1 is 1.00 bits per heavy atom. The molecular weight excluding hydrogens is 442 g/mol. The van der Waals surface area contributed by atoms with Crippen molar-refractivity contribution in [3.8, 4) is 5.69 Å². The maximum atomic E-state index is 12.9. The van der Waals surface area contributed by atoms with E-state index < -0.39 is 0 Å². The van der Waals surface area contributed by atoms with Crippen molar-refractivity contribution in [1.29, 1.82) is 5.41 Å². The highest BCUT2D eigenvalue weighted by Gasteiger charge is 2.35. The lowest BCUT2D eigenvalue weighted by atomic mass is 10.1. The topological polar surface area (TPSA) is 73.8 Å². The number of carbonyl (C=O) groups is 1. The molecule has 2 aromatic rings. The molecule has 0 saturated heterocycles. The van der Waals surface area contributed by atoms with Crippen LogP contribution in [0.25, 0.3) is 11.8 Å². The number of amidine groups is 2. The molecule has 0 bridgehead atoms. The second kappa shape index (κ2) is 10.1. The highest BCUT2D eigenvalue weighted by molar-refractivity contribution is 8.26. The standard InChI is InChI=1S/C27H33N5OS/c1-6-7-8-9-10-11-24-30-32-25(28)23(26(33)29-27(32)34-24)16-21-15-19(4)31(20(21)5)22-13-17(2)12-18(3)14-22/h12-16,28H,6-11H2,1-5H3. The van der Waals surface area contributed by atoms with Crippen molar-refractivity contribution in [3.05, 3.63) is 57.9 Å². The van der Waals surface area contributed by atoms with Crippen LogP contribution in [-0.2, 0) is 4.79 Å². The minimum absolute atomic E-state index is 0.0969. The Balaban J connectivity index is 1.58. The van der Waals surface area contributed by atoms with Crippen molar-refractivity contribution in [2.45, 2.75) is 73.1 Å². The van der Waals surface area contributed by atoms with Crippen LogP contribution in [0.5, 0.6) is 0 Å². The number of aliphatic imine (C=N–C) groups is 1. The normalized spacial score (nSPS) is 16.9. The van der Waals surface area contributed by atoms with E-state index in [-0.39, 0.29) is 17.3 Å². The van der Waals surface area contributed by atoms with Crippen LogP contribution in [0.1, 0.15) is 73.5 Å². The second-order valence-corrected chi connectivity index (χ2v) is 10.2. The highest BCUT2D eigenvalue weighted by atomic mass is 32.2. The molecule has 0 atom stereocenters. The summed E-state index contributed by atoms with van der Waals surface area (Å²) in [6, 6.07) is 8.54. The van der Waals surface area contributed by atoms with Gasteiger partial charge in [-0.05, 0) is 93.3 Å². The number of aromatic nitrogens is 1. The molecule has 4 rings (SSSR count). The Labute approximate surface area is 206 Å². The number of hydrogen-bond donors (Lipinski definition) is 1. The molecule has 0 spiro atoms. The van der Waals surface area contributed by atoms with E-state index in [4.69, 9.17) is 5.41 Å². The number of rotatable bonds is 8. The molecule has 7 heteroatoms. The van der Waals surface area contributed by atoms with Crippen LogP contribution in [0.4, 0.5) is 0 Å². The van der Waals surface area contributed by atoms with Gasteiger partial charge < -0.3 is 4.57 Å². The fraction of sp³-hybridized carbons (Fsp3) is 0.407. The van der Waals surface area contributed by atoms with E-state index in [0.29, 0.717) is 5.17 Å². The molecule has 3 heterocycles. The molecule has 1 aromatic carbocycles. The number of nitrogens with one attached hydrogen (secondary N) is 1. The van der Waals surface area contributed by atoms with Gasteiger partial charge in [-0.25, -0.2) is 0 Å². The molecule has 0 unspecified atom stereocenters. The van der Waals surface area contributed by atoms with Crippen molar-refractivity contribution in [2.75, 3.05) is 0 Å². The van der Waals surface area contributed by atoms with Gasteiger partial charge in [0.05, 0.1) is 5.57 Å². The Hall–Kier alpha value is -2.93. The zero-order chi connectivity index (χ0) is 24.4. The van der Waals surface area contributed by atoms with Gasteiger partial charge in [-0.3, -0.25) is 10.2 Å². The second-order valence-electron chi connectivity index (χ2n) is 9.19. The number of benzene rings is 1. The summed E-state index contributed by atoms with van der Waals surface area (Å²) >= 11 is 1.42. The molecular formula is C27H33N5OS. The van der Waals surface area contributed by atoms with E-state index in [1.807, 2.05) is 6.92 Å². The zero-order valence-electron chi connectivity index (χ0n) is 20.7. The van der Waals surface area contributed by atoms with Crippen molar-refractivity contribution >= 4 is 39.8 Å². The van der Waals surface area contributed by atoms with Crippen molar-refractivity contribution in [2.24, 2.45) is 10.1 Å². The first-order chi connectivity index (χ1) is 16.3. The number of amides is 1. The number of hydrazone groups is 1. The van der Waals surface area contributed by atoms with Crippen LogP contribution in [0.3, 0.4) is 0 Å². The van der Waals surface area contributed by atoms with E-state index in [2.05, 4.69) is 66.6 Å². The molecule has 2 aliphatic heterocycles. The minimum atomic E-state index is -0.376. The smallest absolute Gasteiger partial charge is 0.283 e. The summed E-state index contributed by atoms with van der Waals surface area (Å²) in [7, 11) is 0. The summed E-state index contributed by atoms with van der Waals surface area (Å²) in [6.45, 7) is 10.5. The summed E-state index contributed by atoms with van der Waals surface area (Å²) in [5, 5.41) is 16.2. The number of nitrogens with zero attached hydrogens (tertiary/aromatic N) is 4. The average Bonchev–Trinajstić information content (AvgIpc) is 3.30. The molecule has 34 heavy (non-hydrogen) atoms. The molecule has 0 aliphatic carbocycles. The molecule has 0 radical (unpaired) electrons. The van der Waals surface area contributed by atoms with E-state index in [0.717, 1.165) is 40.5 Å². The number of carbonyl (C=O) groups excluding carboxylic acids is 1. The summed E-state index contributed by atoms with van der Waals surface area (Å²) in [4.78, 5) is 17.1. The number of fused-ring (bicyclic) bond motifs is 1. The van der Waals surface area contributed by atoms with Gasteiger partial charge in [-0.2, -0.15) is 15.1 Å². The van der Waals surface area contributed by atoms with Gasteiger partial charge in [0.2, 0.25) is 5.17 Å². The lowest BCUT2D eigenvalue weighted by Crippen LogP contribution is -2.35. The minimum Gasteiger partial charge on any atom is -0.318 e. The van der Waals surface area contributed by atoms with Gasteiger partial charge in [0, 0.05) is 17.1 Å². The monoisotopic (exact) mass is 475 g/mol. The van der Waals surface area contributed by atoms with Crippen LogP contribution in [-0.4, -0.2) is 31.5 Å². The Kier molecular flexibility index (Phi) is 7.22. The summed E-state index contributed by atoms with van der Waals surface area (Å²) in [5.41, 5.74) is 6.81. The third-order valence-electron chi connectivity index (χ3n) is 6.23. The quantitative estimate of drug-likeness (QED) is 0.341. The molecule has 1 N–H and O–H groups in total. The molecule has 2 aliphatic rings. The van der Waals surface area contributed by atoms with Crippen LogP contribution in [0.2, 0.25) is 0 Å². The molecule has 0 fully saturated rings. The van der Waals surface area contributed by atoms with Gasteiger partial charge in [0.25, 0.3) is 5.91 Å². The van der Waals surface area contributed by atoms with Gasteiger partial charge in [0.15, 0.2) is 5.84 Å². The SMILES string of the molecule is CCCCCCCC1=NN2C(=N)C(=Cc3cc(C)n(-c4cc(C)cc(C)c4)c3C)C(=O)N=C2S1. The van der Waals surface area contributed by atoms with E-state index in [9.17, 15) is 4.79 Å². The predicted octanol–water partition coefficient (Wildman–Crippen LogP) is 6.69. The van der Waals surface area contributed by atoms with Crippen molar-refractivity contribution < 1.29 is 4.79 Å². The first-order valence-corrected chi connectivity index (χ1v) is 12.9. The summed E-state index contributed by atoms with van der Waals surface area (Å²) < 4.78 is 2.19. The first kappa shape index (κ1) is 24.2. The molecule has 1 amide bonds. The van der Waals surface area contributed by atoms with Crippen LogP contribution in [0, 0.1) is 33.1 Å². The van der Waals surface area contributed by atoms with Gasteiger partial charge in [-0.1, -0.05) is 38.7 Å². The maximum absolute atomic E-state index is 12.9. The Bertz CT molecular complexity index is 1210. The number of unbranched alkanes of at least 4 members (excludes halogenated alkanes) is 4. The van der Waals surface area contributed by atoms with E-state index >= 15 is 0 Å². The molecule has 6 nitrogen and oxygen atoms in total. The third kappa shape index (κ3) is 4.94. The van der Waals surface area contributed by atoms with Crippen LogP contribution in [0.15, 0.2) is 39.9 Å². The summed E-state index contributed by atoms with van der Waals surface area (Å²) in [5.74, 6) is -0.279. The van der Waals surface area contributed by atoms with Crippen LogP contribution < -0.4 is 0 Å². The summed E-state index contributed by atoms with van der Waals surface area (Å²) in [6.07, 6.45) is 8.62.